The standard InChI is InChI=1S/C19H19F3N4O/c1-12-8-15(19(20,21)22)16-17(25-27-18(16)24-12)14-5-3-7-26(11-14)10-13-4-2-6-23-9-13/h2,4,6,8-9,14H,3,5,7,10-11H2,1H3/t14-/m1/s1. The summed E-state index contributed by atoms with van der Waals surface area (Å²) >= 11 is 0. The summed E-state index contributed by atoms with van der Waals surface area (Å²) in [4.78, 5) is 10.4. The van der Waals surface area contributed by atoms with Crippen LogP contribution in [0.5, 0.6) is 0 Å². The number of nitrogens with zero attached hydrogens (tertiary/aromatic N) is 4. The molecule has 3 aromatic heterocycles. The van der Waals surface area contributed by atoms with E-state index in [1.54, 1.807) is 6.20 Å². The summed E-state index contributed by atoms with van der Waals surface area (Å²) in [7, 11) is 0. The number of aryl methyl sites for hydroxylation is 1. The molecule has 1 aliphatic rings. The second-order valence-corrected chi connectivity index (χ2v) is 6.99. The highest BCUT2D eigenvalue weighted by molar-refractivity contribution is 5.81. The molecular weight excluding hydrogens is 357 g/mol. The lowest BCUT2D eigenvalue weighted by atomic mass is 9.91. The van der Waals surface area contributed by atoms with Gasteiger partial charge in [-0.1, -0.05) is 11.2 Å². The van der Waals surface area contributed by atoms with E-state index >= 15 is 0 Å². The average molecular weight is 376 g/mol. The van der Waals surface area contributed by atoms with Gasteiger partial charge in [0.1, 0.15) is 0 Å². The van der Waals surface area contributed by atoms with Gasteiger partial charge >= 0.3 is 6.18 Å². The van der Waals surface area contributed by atoms with Gasteiger partial charge < -0.3 is 4.52 Å². The lowest BCUT2D eigenvalue weighted by Gasteiger charge is -2.32. The molecule has 0 amide bonds. The number of likely N-dealkylation sites (tertiary alicyclic amines) is 1. The van der Waals surface area contributed by atoms with Crippen LogP contribution in [0.1, 0.15) is 41.3 Å². The fourth-order valence-electron chi connectivity index (χ4n) is 3.77. The molecule has 0 aromatic carbocycles. The Hall–Kier alpha value is -2.48. The molecule has 0 saturated carbocycles. The first-order chi connectivity index (χ1) is 12.9. The molecule has 4 heterocycles. The summed E-state index contributed by atoms with van der Waals surface area (Å²) in [5, 5.41) is 4.00. The molecule has 0 unspecified atom stereocenters. The zero-order valence-corrected chi connectivity index (χ0v) is 14.8. The maximum absolute atomic E-state index is 13.6. The zero-order chi connectivity index (χ0) is 19.0. The first kappa shape index (κ1) is 17.9. The van der Waals surface area contributed by atoms with Crippen LogP contribution in [0.3, 0.4) is 0 Å². The molecule has 1 saturated heterocycles. The fourth-order valence-corrected chi connectivity index (χ4v) is 3.77. The largest absolute Gasteiger partial charge is 0.417 e. The predicted molar refractivity (Wildman–Crippen MR) is 93.0 cm³/mol. The molecule has 4 rings (SSSR count). The SMILES string of the molecule is Cc1cc(C(F)(F)F)c2c([C@@H]3CCCN(Cc4cccnc4)C3)noc2n1. The molecule has 1 atom stereocenters. The Labute approximate surface area is 154 Å². The molecule has 5 nitrogen and oxygen atoms in total. The van der Waals surface area contributed by atoms with Crippen molar-refractivity contribution in [2.75, 3.05) is 13.1 Å². The van der Waals surface area contributed by atoms with Crippen LogP contribution >= 0.6 is 0 Å². The van der Waals surface area contributed by atoms with E-state index in [9.17, 15) is 13.2 Å². The van der Waals surface area contributed by atoms with Crippen LogP contribution in [-0.4, -0.2) is 33.1 Å². The fraction of sp³-hybridized carbons (Fsp3) is 0.421. The topological polar surface area (TPSA) is 55.1 Å². The van der Waals surface area contributed by atoms with Crippen LogP contribution in [-0.2, 0) is 12.7 Å². The molecule has 142 valence electrons. The molecule has 0 radical (unpaired) electrons. The minimum absolute atomic E-state index is 0.00123. The van der Waals surface area contributed by atoms with E-state index in [4.69, 9.17) is 4.52 Å². The van der Waals surface area contributed by atoms with Crippen LogP contribution in [0.2, 0.25) is 0 Å². The molecule has 0 N–H and O–H groups in total. The minimum Gasteiger partial charge on any atom is -0.336 e. The van der Waals surface area contributed by atoms with Gasteiger partial charge in [0.05, 0.1) is 16.6 Å². The van der Waals surface area contributed by atoms with E-state index in [1.807, 2.05) is 18.3 Å². The molecular formula is C19H19F3N4O. The van der Waals surface area contributed by atoms with E-state index in [1.165, 1.54) is 6.92 Å². The number of hydrogen-bond acceptors (Lipinski definition) is 5. The molecule has 27 heavy (non-hydrogen) atoms. The second kappa shape index (κ2) is 6.92. The number of piperidine rings is 1. The van der Waals surface area contributed by atoms with Gasteiger partial charge in [-0.05, 0) is 44.0 Å². The Balaban J connectivity index is 1.66. The summed E-state index contributed by atoms with van der Waals surface area (Å²) in [5.74, 6) is -0.123. The molecule has 0 bridgehead atoms. The van der Waals surface area contributed by atoms with E-state index in [0.29, 0.717) is 18.8 Å². The van der Waals surface area contributed by atoms with Crippen LogP contribution in [0, 0.1) is 6.92 Å². The monoisotopic (exact) mass is 376 g/mol. The summed E-state index contributed by atoms with van der Waals surface area (Å²) < 4.78 is 45.9. The molecule has 0 spiro atoms. The first-order valence-electron chi connectivity index (χ1n) is 8.87. The quantitative estimate of drug-likeness (QED) is 0.681. The van der Waals surface area contributed by atoms with E-state index in [0.717, 1.165) is 31.0 Å². The Morgan fingerprint density at radius 1 is 1.33 bits per heavy atom. The van der Waals surface area contributed by atoms with Crippen molar-refractivity contribution in [1.29, 1.82) is 0 Å². The highest BCUT2D eigenvalue weighted by atomic mass is 19.4. The van der Waals surface area contributed by atoms with Crippen molar-refractivity contribution >= 4 is 11.1 Å². The molecule has 8 heteroatoms. The third-order valence-corrected chi connectivity index (χ3v) is 4.93. The normalized spacial score (nSPS) is 18.9. The number of fused-ring (bicyclic) bond motifs is 1. The van der Waals surface area contributed by atoms with Gasteiger partial charge in [0.25, 0.3) is 5.71 Å². The highest BCUT2D eigenvalue weighted by Gasteiger charge is 2.37. The number of alkyl halides is 3. The Kier molecular flexibility index (Phi) is 4.59. The van der Waals surface area contributed by atoms with Gasteiger partial charge in [-0.3, -0.25) is 9.88 Å². The van der Waals surface area contributed by atoms with Gasteiger partial charge in [-0.2, -0.15) is 13.2 Å². The summed E-state index contributed by atoms with van der Waals surface area (Å²) in [6.07, 6.45) is 0.716. The molecule has 3 aromatic rings. The Morgan fingerprint density at radius 2 is 2.19 bits per heavy atom. The highest BCUT2D eigenvalue weighted by Crippen LogP contribution is 2.40. The molecule has 1 fully saturated rings. The van der Waals surface area contributed by atoms with Crippen molar-refractivity contribution < 1.29 is 17.7 Å². The van der Waals surface area contributed by atoms with Gasteiger partial charge in [-0.15, -0.1) is 0 Å². The van der Waals surface area contributed by atoms with Crippen LogP contribution < -0.4 is 0 Å². The number of aromatic nitrogens is 3. The van der Waals surface area contributed by atoms with E-state index in [2.05, 4.69) is 20.0 Å². The van der Waals surface area contributed by atoms with Crippen LogP contribution in [0.15, 0.2) is 35.1 Å². The Bertz CT molecular complexity index is 939. The lowest BCUT2D eigenvalue weighted by molar-refractivity contribution is -0.136. The molecule has 1 aliphatic heterocycles. The van der Waals surface area contributed by atoms with Gasteiger partial charge in [0, 0.05) is 37.1 Å². The average Bonchev–Trinajstić information content (AvgIpc) is 3.05. The second-order valence-electron chi connectivity index (χ2n) is 6.99. The van der Waals surface area contributed by atoms with Crippen molar-refractivity contribution in [3.63, 3.8) is 0 Å². The van der Waals surface area contributed by atoms with Crippen molar-refractivity contribution in [3.8, 4) is 0 Å². The third-order valence-electron chi connectivity index (χ3n) is 4.93. The molecule has 0 aliphatic carbocycles. The van der Waals surface area contributed by atoms with Crippen LogP contribution in [0.25, 0.3) is 11.1 Å². The number of halogens is 3. The summed E-state index contributed by atoms with van der Waals surface area (Å²) in [6, 6.07) is 4.95. The zero-order valence-electron chi connectivity index (χ0n) is 14.8. The number of hydrogen-bond donors (Lipinski definition) is 0. The maximum Gasteiger partial charge on any atom is 0.417 e. The number of rotatable bonds is 3. The third kappa shape index (κ3) is 3.66. The van der Waals surface area contributed by atoms with Crippen molar-refractivity contribution in [2.45, 2.75) is 38.4 Å². The van der Waals surface area contributed by atoms with Gasteiger partial charge in [0.15, 0.2) is 0 Å². The predicted octanol–water partition coefficient (Wildman–Crippen LogP) is 4.32. The van der Waals surface area contributed by atoms with Crippen LogP contribution in [0.4, 0.5) is 13.2 Å². The maximum atomic E-state index is 13.6. The van der Waals surface area contributed by atoms with Crippen molar-refractivity contribution in [3.05, 3.63) is 53.1 Å². The van der Waals surface area contributed by atoms with E-state index < -0.39 is 11.7 Å². The van der Waals surface area contributed by atoms with E-state index in [-0.39, 0.29) is 22.7 Å². The smallest absolute Gasteiger partial charge is 0.336 e. The lowest BCUT2D eigenvalue weighted by Crippen LogP contribution is -2.34. The van der Waals surface area contributed by atoms with Crippen molar-refractivity contribution in [1.82, 2.24) is 20.0 Å². The van der Waals surface area contributed by atoms with Gasteiger partial charge in [0.2, 0.25) is 0 Å². The van der Waals surface area contributed by atoms with Crippen molar-refractivity contribution in [2.24, 2.45) is 0 Å². The summed E-state index contributed by atoms with van der Waals surface area (Å²) in [6.45, 7) is 3.75. The minimum atomic E-state index is -4.48. The summed E-state index contributed by atoms with van der Waals surface area (Å²) in [5.41, 5.74) is 0.948. The first-order valence-corrected chi connectivity index (χ1v) is 8.87. The number of pyridine rings is 2. The Morgan fingerprint density at radius 3 is 2.93 bits per heavy atom. The van der Waals surface area contributed by atoms with Gasteiger partial charge in [-0.25, -0.2) is 4.98 Å².